The smallest absolute Gasteiger partial charge is 0.339 e. The van der Waals surface area contributed by atoms with Crippen LogP contribution in [0.3, 0.4) is 0 Å². The second-order valence-electron chi connectivity index (χ2n) is 5.59. The van der Waals surface area contributed by atoms with E-state index in [1.807, 2.05) is 13.0 Å². The number of ether oxygens (including phenoxy) is 1. The van der Waals surface area contributed by atoms with Crippen LogP contribution in [-0.4, -0.2) is 35.5 Å². The molecule has 0 atom stereocenters. The van der Waals surface area contributed by atoms with E-state index in [2.05, 4.69) is 18.7 Å². The van der Waals surface area contributed by atoms with Gasteiger partial charge in [0.25, 0.3) is 0 Å². The van der Waals surface area contributed by atoms with Gasteiger partial charge in [-0.1, -0.05) is 20.3 Å². The van der Waals surface area contributed by atoms with E-state index in [4.69, 9.17) is 9.72 Å². The molecule has 0 bridgehead atoms. The Morgan fingerprint density at radius 1 is 1.33 bits per heavy atom. The average molecular weight is 290 g/mol. The summed E-state index contributed by atoms with van der Waals surface area (Å²) in [5.74, 6) is -0.233. The number of rotatable bonds is 6. The standard InChI is InChI=1S/C17H26N2O2/c1-4-7-16-14(17(20)21-6-3)11-13-12-19(9-5-2)10-8-15(13)18-16/h11H,4-10,12H2,1-3H3. The molecule has 0 fully saturated rings. The highest BCUT2D eigenvalue weighted by molar-refractivity contribution is 5.91. The minimum Gasteiger partial charge on any atom is -0.462 e. The van der Waals surface area contributed by atoms with Crippen molar-refractivity contribution in [1.29, 1.82) is 0 Å². The quantitative estimate of drug-likeness (QED) is 0.755. The zero-order valence-electron chi connectivity index (χ0n) is 13.4. The third kappa shape index (κ3) is 3.82. The second-order valence-corrected chi connectivity index (χ2v) is 5.59. The molecule has 0 N–H and O–H groups in total. The number of fused-ring (bicyclic) bond motifs is 1. The molecule has 0 unspecified atom stereocenters. The molecule has 0 saturated heterocycles. The van der Waals surface area contributed by atoms with Crippen LogP contribution in [0.2, 0.25) is 0 Å². The fourth-order valence-corrected chi connectivity index (χ4v) is 2.89. The molecular formula is C17H26N2O2. The first-order chi connectivity index (χ1) is 10.2. The number of esters is 1. The normalized spacial score (nSPS) is 14.8. The Labute approximate surface area is 127 Å². The minimum atomic E-state index is -0.233. The molecule has 2 heterocycles. The Bertz CT molecular complexity index is 500. The van der Waals surface area contributed by atoms with Crippen LogP contribution in [0, 0.1) is 0 Å². The lowest BCUT2D eigenvalue weighted by molar-refractivity contribution is 0.0524. The molecule has 1 aliphatic rings. The van der Waals surface area contributed by atoms with Gasteiger partial charge >= 0.3 is 5.97 Å². The topological polar surface area (TPSA) is 42.4 Å². The largest absolute Gasteiger partial charge is 0.462 e. The van der Waals surface area contributed by atoms with Gasteiger partial charge in [0.15, 0.2) is 0 Å². The SMILES string of the molecule is CCCc1nc2c(cc1C(=O)OCC)CN(CCC)CC2. The van der Waals surface area contributed by atoms with Crippen molar-refractivity contribution in [2.45, 2.75) is 53.0 Å². The maximum absolute atomic E-state index is 12.2. The van der Waals surface area contributed by atoms with Crippen LogP contribution in [0.25, 0.3) is 0 Å². The highest BCUT2D eigenvalue weighted by Gasteiger charge is 2.22. The van der Waals surface area contributed by atoms with Gasteiger partial charge < -0.3 is 4.74 Å². The number of pyridine rings is 1. The first kappa shape index (κ1) is 16.0. The fraction of sp³-hybridized carbons (Fsp3) is 0.647. The Morgan fingerprint density at radius 2 is 2.14 bits per heavy atom. The van der Waals surface area contributed by atoms with Crippen molar-refractivity contribution in [2.24, 2.45) is 0 Å². The molecule has 21 heavy (non-hydrogen) atoms. The molecule has 0 saturated carbocycles. The van der Waals surface area contributed by atoms with Crippen LogP contribution >= 0.6 is 0 Å². The number of aromatic nitrogens is 1. The van der Waals surface area contributed by atoms with E-state index < -0.39 is 0 Å². The number of carbonyl (C=O) groups excluding carboxylic acids is 1. The van der Waals surface area contributed by atoms with Gasteiger partial charge in [0.1, 0.15) is 0 Å². The predicted octanol–water partition coefficient (Wildman–Crippen LogP) is 2.98. The van der Waals surface area contributed by atoms with Gasteiger partial charge in [-0.05, 0) is 37.9 Å². The van der Waals surface area contributed by atoms with E-state index in [9.17, 15) is 4.79 Å². The molecule has 2 rings (SSSR count). The maximum atomic E-state index is 12.2. The maximum Gasteiger partial charge on any atom is 0.339 e. The lowest BCUT2D eigenvalue weighted by Gasteiger charge is -2.28. The molecule has 0 radical (unpaired) electrons. The van der Waals surface area contributed by atoms with Crippen molar-refractivity contribution < 1.29 is 9.53 Å². The van der Waals surface area contributed by atoms with Crippen molar-refractivity contribution in [3.05, 3.63) is 28.6 Å². The lowest BCUT2D eigenvalue weighted by Crippen LogP contribution is -2.32. The number of hydrogen-bond acceptors (Lipinski definition) is 4. The van der Waals surface area contributed by atoms with E-state index >= 15 is 0 Å². The van der Waals surface area contributed by atoms with E-state index in [0.29, 0.717) is 12.2 Å². The van der Waals surface area contributed by atoms with Crippen LogP contribution in [-0.2, 0) is 24.1 Å². The molecule has 0 aliphatic carbocycles. The number of carbonyl (C=O) groups is 1. The predicted molar refractivity (Wildman–Crippen MR) is 83.5 cm³/mol. The van der Waals surface area contributed by atoms with Crippen molar-refractivity contribution in [2.75, 3.05) is 19.7 Å². The summed E-state index contributed by atoms with van der Waals surface area (Å²) in [5.41, 5.74) is 3.92. The van der Waals surface area contributed by atoms with Gasteiger partial charge in [0, 0.05) is 25.2 Å². The Kier molecular flexibility index (Phi) is 5.74. The van der Waals surface area contributed by atoms with E-state index in [-0.39, 0.29) is 5.97 Å². The molecule has 1 aromatic rings. The van der Waals surface area contributed by atoms with Gasteiger partial charge in [-0.3, -0.25) is 9.88 Å². The van der Waals surface area contributed by atoms with Gasteiger partial charge in [-0.25, -0.2) is 4.79 Å². The number of aryl methyl sites for hydroxylation is 1. The summed E-state index contributed by atoms with van der Waals surface area (Å²) in [7, 11) is 0. The van der Waals surface area contributed by atoms with Crippen molar-refractivity contribution >= 4 is 5.97 Å². The van der Waals surface area contributed by atoms with Crippen LogP contribution in [0.5, 0.6) is 0 Å². The Hall–Kier alpha value is -1.42. The zero-order chi connectivity index (χ0) is 15.2. The van der Waals surface area contributed by atoms with Gasteiger partial charge in [0.2, 0.25) is 0 Å². The van der Waals surface area contributed by atoms with Gasteiger partial charge in [-0.15, -0.1) is 0 Å². The van der Waals surface area contributed by atoms with Crippen LogP contribution in [0.1, 0.15) is 60.9 Å². The van der Waals surface area contributed by atoms with Gasteiger partial charge in [-0.2, -0.15) is 0 Å². The summed E-state index contributed by atoms with van der Waals surface area (Å²) < 4.78 is 5.19. The summed E-state index contributed by atoms with van der Waals surface area (Å²) in [5, 5.41) is 0. The molecular weight excluding hydrogens is 264 g/mol. The van der Waals surface area contributed by atoms with E-state index in [0.717, 1.165) is 51.0 Å². The third-order valence-corrected chi connectivity index (χ3v) is 3.85. The van der Waals surface area contributed by atoms with Crippen molar-refractivity contribution in [3.8, 4) is 0 Å². The molecule has 1 aromatic heterocycles. The highest BCUT2D eigenvalue weighted by Crippen LogP contribution is 2.22. The minimum absolute atomic E-state index is 0.233. The summed E-state index contributed by atoms with van der Waals surface area (Å²) in [6, 6.07) is 2.02. The third-order valence-electron chi connectivity index (χ3n) is 3.85. The Balaban J connectivity index is 2.31. The average Bonchev–Trinajstić information content (AvgIpc) is 2.47. The van der Waals surface area contributed by atoms with Crippen molar-refractivity contribution in [1.82, 2.24) is 9.88 Å². The molecule has 4 heteroatoms. The molecule has 0 amide bonds. The van der Waals surface area contributed by atoms with Crippen LogP contribution < -0.4 is 0 Å². The number of hydrogen-bond donors (Lipinski definition) is 0. The summed E-state index contributed by atoms with van der Waals surface area (Å²) in [4.78, 5) is 19.4. The van der Waals surface area contributed by atoms with E-state index in [1.165, 1.54) is 11.3 Å². The van der Waals surface area contributed by atoms with Crippen molar-refractivity contribution in [3.63, 3.8) is 0 Å². The summed E-state index contributed by atoms with van der Waals surface area (Å²) in [6.45, 7) is 9.62. The van der Waals surface area contributed by atoms with Crippen LogP contribution in [0.4, 0.5) is 0 Å². The first-order valence-corrected chi connectivity index (χ1v) is 8.10. The first-order valence-electron chi connectivity index (χ1n) is 8.10. The monoisotopic (exact) mass is 290 g/mol. The number of nitrogens with zero attached hydrogens (tertiary/aromatic N) is 2. The second kappa shape index (κ2) is 7.55. The lowest BCUT2D eigenvalue weighted by atomic mass is 10.00. The molecule has 0 spiro atoms. The summed E-state index contributed by atoms with van der Waals surface area (Å²) >= 11 is 0. The highest BCUT2D eigenvalue weighted by atomic mass is 16.5. The molecule has 116 valence electrons. The van der Waals surface area contributed by atoms with Gasteiger partial charge in [0.05, 0.1) is 17.9 Å². The van der Waals surface area contributed by atoms with Crippen LogP contribution in [0.15, 0.2) is 6.07 Å². The Morgan fingerprint density at radius 3 is 2.81 bits per heavy atom. The molecule has 1 aliphatic heterocycles. The van der Waals surface area contributed by atoms with E-state index in [1.54, 1.807) is 0 Å². The fourth-order valence-electron chi connectivity index (χ4n) is 2.89. The molecule has 4 nitrogen and oxygen atoms in total. The summed E-state index contributed by atoms with van der Waals surface area (Å²) in [6.07, 6.45) is 3.96. The molecule has 0 aromatic carbocycles. The zero-order valence-corrected chi connectivity index (χ0v) is 13.4.